The number of aromatic nitrogens is 1. The fourth-order valence-corrected chi connectivity index (χ4v) is 3.22. The molecule has 1 atom stereocenters. The van der Waals surface area contributed by atoms with E-state index in [1.165, 1.54) is 26.1 Å². The van der Waals surface area contributed by atoms with Gasteiger partial charge in [-0.2, -0.15) is 0 Å². The van der Waals surface area contributed by atoms with E-state index in [9.17, 15) is 0 Å². The number of nitrogens with zero attached hydrogens (tertiary/aromatic N) is 3. The quantitative estimate of drug-likeness (QED) is 0.919. The van der Waals surface area contributed by atoms with E-state index in [0.29, 0.717) is 5.41 Å². The predicted octanol–water partition coefficient (Wildman–Crippen LogP) is 1.62. The van der Waals surface area contributed by atoms with Crippen molar-refractivity contribution in [1.29, 1.82) is 0 Å². The summed E-state index contributed by atoms with van der Waals surface area (Å²) in [5.74, 6) is 1.12. The Labute approximate surface area is 128 Å². The lowest BCUT2D eigenvalue weighted by Crippen LogP contribution is -2.50. The molecule has 20 heavy (non-hydrogen) atoms. The number of anilines is 1. The summed E-state index contributed by atoms with van der Waals surface area (Å²) >= 11 is 0. The summed E-state index contributed by atoms with van der Waals surface area (Å²) in [6, 6.07) is 6.16. The molecule has 3 heterocycles. The minimum absolute atomic E-state index is 0. The van der Waals surface area contributed by atoms with E-state index >= 15 is 0 Å². The Kier molecular flexibility index (Phi) is 5.24. The van der Waals surface area contributed by atoms with Gasteiger partial charge in [0, 0.05) is 45.5 Å². The van der Waals surface area contributed by atoms with Gasteiger partial charge in [0.25, 0.3) is 0 Å². The first kappa shape index (κ1) is 15.5. The molecule has 4 nitrogen and oxygen atoms in total. The number of hydrogen-bond acceptors (Lipinski definition) is 4. The van der Waals surface area contributed by atoms with E-state index in [-0.39, 0.29) is 12.4 Å². The van der Waals surface area contributed by atoms with Gasteiger partial charge in [0.2, 0.25) is 0 Å². The van der Waals surface area contributed by atoms with Crippen molar-refractivity contribution in [2.75, 3.05) is 50.7 Å². The van der Waals surface area contributed by atoms with E-state index in [1.807, 2.05) is 12.3 Å². The van der Waals surface area contributed by atoms with Crippen LogP contribution in [0.5, 0.6) is 0 Å². The van der Waals surface area contributed by atoms with Gasteiger partial charge in [0.15, 0.2) is 0 Å². The number of nitrogens with one attached hydrogen (secondary N) is 1. The van der Waals surface area contributed by atoms with Gasteiger partial charge in [0.05, 0.1) is 0 Å². The lowest BCUT2D eigenvalue weighted by Gasteiger charge is -2.39. The minimum Gasteiger partial charge on any atom is -0.354 e. The van der Waals surface area contributed by atoms with E-state index in [0.717, 1.165) is 32.0 Å². The molecule has 1 unspecified atom stereocenters. The summed E-state index contributed by atoms with van der Waals surface area (Å²) in [7, 11) is 0. The van der Waals surface area contributed by atoms with Gasteiger partial charge < -0.3 is 10.2 Å². The van der Waals surface area contributed by atoms with Gasteiger partial charge in [-0.15, -0.1) is 12.4 Å². The number of piperazine rings is 1. The van der Waals surface area contributed by atoms with Crippen molar-refractivity contribution in [2.45, 2.75) is 13.3 Å². The maximum absolute atomic E-state index is 4.44. The predicted molar refractivity (Wildman–Crippen MR) is 85.7 cm³/mol. The van der Waals surface area contributed by atoms with Crippen LogP contribution in [0.15, 0.2) is 24.4 Å². The standard InChI is InChI=1S/C15H24N4.ClH/c1-15(5-7-16-12-15)13-18-8-10-19(11-9-18)14-4-2-3-6-17-14;/h2-4,6,16H,5,7-13H2,1H3;1H. The molecular formula is C15H25ClN4. The number of pyridine rings is 1. The monoisotopic (exact) mass is 296 g/mol. The van der Waals surface area contributed by atoms with E-state index < -0.39 is 0 Å². The Hall–Kier alpha value is -0.840. The van der Waals surface area contributed by atoms with Crippen LogP contribution in [0.3, 0.4) is 0 Å². The first-order chi connectivity index (χ1) is 9.25. The van der Waals surface area contributed by atoms with Gasteiger partial charge in [-0.1, -0.05) is 13.0 Å². The van der Waals surface area contributed by atoms with Gasteiger partial charge in [-0.3, -0.25) is 4.90 Å². The minimum atomic E-state index is 0. The maximum atomic E-state index is 4.44. The van der Waals surface area contributed by atoms with Gasteiger partial charge in [-0.25, -0.2) is 4.98 Å². The van der Waals surface area contributed by atoms with Crippen LogP contribution >= 0.6 is 12.4 Å². The molecule has 2 saturated heterocycles. The molecule has 2 aliphatic rings. The third kappa shape index (κ3) is 3.62. The summed E-state index contributed by atoms with van der Waals surface area (Å²) < 4.78 is 0. The Morgan fingerprint density at radius 1 is 1.25 bits per heavy atom. The first-order valence-corrected chi connectivity index (χ1v) is 7.34. The van der Waals surface area contributed by atoms with Crippen molar-refractivity contribution in [3.8, 4) is 0 Å². The van der Waals surface area contributed by atoms with Crippen molar-refractivity contribution in [2.24, 2.45) is 5.41 Å². The van der Waals surface area contributed by atoms with E-state index in [2.05, 4.69) is 39.2 Å². The third-order valence-corrected chi connectivity index (χ3v) is 4.41. The average molecular weight is 297 g/mol. The molecule has 112 valence electrons. The normalized spacial score (nSPS) is 27.4. The second-order valence-electron chi connectivity index (χ2n) is 6.19. The molecule has 1 N–H and O–H groups in total. The Morgan fingerprint density at radius 2 is 2.05 bits per heavy atom. The average Bonchev–Trinajstić information content (AvgIpc) is 2.87. The Balaban J connectivity index is 0.00000147. The summed E-state index contributed by atoms with van der Waals surface area (Å²) in [4.78, 5) is 9.45. The summed E-state index contributed by atoms with van der Waals surface area (Å²) in [5, 5.41) is 3.49. The SMILES string of the molecule is CC1(CN2CCN(c3ccccn3)CC2)CCNC1.Cl. The smallest absolute Gasteiger partial charge is 0.128 e. The fraction of sp³-hybridized carbons (Fsp3) is 0.667. The molecule has 5 heteroatoms. The molecule has 0 spiro atoms. The van der Waals surface area contributed by atoms with Crippen LogP contribution in [-0.4, -0.2) is 55.7 Å². The van der Waals surface area contributed by atoms with Crippen molar-refractivity contribution >= 4 is 18.2 Å². The van der Waals surface area contributed by atoms with Crippen molar-refractivity contribution < 1.29 is 0 Å². The molecule has 0 amide bonds. The highest BCUT2D eigenvalue weighted by Crippen LogP contribution is 2.26. The summed E-state index contributed by atoms with van der Waals surface area (Å²) in [6.07, 6.45) is 3.19. The van der Waals surface area contributed by atoms with Gasteiger partial charge >= 0.3 is 0 Å². The lowest BCUT2D eigenvalue weighted by atomic mass is 9.89. The van der Waals surface area contributed by atoms with Crippen LogP contribution in [0.4, 0.5) is 5.82 Å². The largest absolute Gasteiger partial charge is 0.354 e. The van der Waals surface area contributed by atoms with E-state index in [1.54, 1.807) is 0 Å². The highest BCUT2D eigenvalue weighted by atomic mass is 35.5. The molecule has 2 fully saturated rings. The molecule has 0 radical (unpaired) electrons. The van der Waals surface area contributed by atoms with Crippen molar-refractivity contribution in [3.63, 3.8) is 0 Å². The van der Waals surface area contributed by atoms with Crippen molar-refractivity contribution in [3.05, 3.63) is 24.4 Å². The second kappa shape index (κ2) is 6.74. The molecule has 0 aliphatic carbocycles. The van der Waals surface area contributed by atoms with Crippen LogP contribution in [0, 0.1) is 5.41 Å². The zero-order chi connectivity index (χ0) is 13.1. The molecular weight excluding hydrogens is 272 g/mol. The van der Waals surface area contributed by atoms with Crippen LogP contribution < -0.4 is 10.2 Å². The molecule has 3 rings (SSSR count). The maximum Gasteiger partial charge on any atom is 0.128 e. The zero-order valence-electron chi connectivity index (χ0n) is 12.2. The van der Waals surface area contributed by atoms with Crippen LogP contribution in [0.2, 0.25) is 0 Å². The van der Waals surface area contributed by atoms with Gasteiger partial charge in [0.1, 0.15) is 5.82 Å². The Morgan fingerprint density at radius 3 is 2.65 bits per heavy atom. The van der Waals surface area contributed by atoms with Crippen LogP contribution in [-0.2, 0) is 0 Å². The third-order valence-electron chi connectivity index (χ3n) is 4.41. The summed E-state index contributed by atoms with van der Waals surface area (Å²) in [5.41, 5.74) is 0.479. The lowest BCUT2D eigenvalue weighted by molar-refractivity contribution is 0.169. The molecule has 1 aromatic heterocycles. The number of hydrogen-bond donors (Lipinski definition) is 1. The van der Waals surface area contributed by atoms with Crippen LogP contribution in [0.25, 0.3) is 0 Å². The topological polar surface area (TPSA) is 31.4 Å². The van der Waals surface area contributed by atoms with Crippen molar-refractivity contribution in [1.82, 2.24) is 15.2 Å². The van der Waals surface area contributed by atoms with Crippen LogP contribution in [0.1, 0.15) is 13.3 Å². The summed E-state index contributed by atoms with van der Waals surface area (Å²) in [6.45, 7) is 10.5. The second-order valence-corrected chi connectivity index (χ2v) is 6.19. The fourth-order valence-electron chi connectivity index (χ4n) is 3.22. The molecule has 0 bridgehead atoms. The zero-order valence-corrected chi connectivity index (χ0v) is 13.0. The molecule has 0 aromatic carbocycles. The highest BCUT2D eigenvalue weighted by Gasteiger charge is 2.31. The highest BCUT2D eigenvalue weighted by molar-refractivity contribution is 5.85. The first-order valence-electron chi connectivity index (χ1n) is 7.34. The number of rotatable bonds is 3. The van der Waals surface area contributed by atoms with E-state index in [4.69, 9.17) is 0 Å². The molecule has 2 aliphatic heterocycles. The number of halogens is 1. The van der Waals surface area contributed by atoms with Gasteiger partial charge in [-0.05, 0) is 30.5 Å². The molecule has 1 aromatic rings. The molecule has 0 saturated carbocycles. The Bertz CT molecular complexity index is 398.